The molecule has 1 amide bonds. The Balaban J connectivity index is 1.81. The van der Waals surface area contributed by atoms with E-state index in [0.29, 0.717) is 17.1 Å². The maximum atomic E-state index is 13.3. The molecule has 3 rings (SSSR count). The van der Waals surface area contributed by atoms with Crippen molar-refractivity contribution in [2.75, 3.05) is 24.2 Å². The zero-order chi connectivity index (χ0) is 20.3. The molecular weight excluding hydrogens is 395 g/mol. The minimum atomic E-state index is -0.344. The number of carbonyl (C=O) groups is 1. The van der Waals surface area contributed by atoms with Crippen LogP contribution in [0.3, 0.4) is 0 Å². The van der Waals surface area contributed by atoms with Gasteiger partial charge in [0.2, 0.25) is 5.91 Å². The van der Waals surface area contributed by atoms with Crippen molar-refractivity contribution in [1.82, 2.24) is 9.47 Å². The Hall–Kier alpha value is -2.37. The second-order valence-electron chi connectivity index (χ2n) is 6.65. The number of nitrogens with one attached hydrogen (secondary N) is 1. The van der Waals surface area contributed by atoms with E-state index in [0.717, 1.165) is 41.5 Å². The molecule has 1 saturated heterocycles. The van der Waals surface area contributed by atoms with Crippen LogP contribution in [-0.2, 0) is 4.79 Å². The third-order valence-corrected chi connectivity index (χ3v) is 6.38. The standard InChI is InChI=1S/C20H21FN4OS2/c1-13-14(2)25(16-7-5-15(21)6-8-16)19(17(13)11-22)23-18(26)12-28-20(27)24-9-3-4-10-24/h5-8H,3-4,9-10,12H2,1-2H3,(H,23,26). The molecule has 1 aromatic carbocycles. The highest BCUT2D eigenvalue weighted by Crippen LogP contribution is 2.30. The van der Waals surface area contributed by atoms with E-state index in [-0.39, 0.29) is 17.5 Å². The number of anilines is 1. The molecule has 0 aliphatic carbocycles. The van der Waals surface area contributed by atoms with Crippen LogP contribution in [-0.4, -0.2) is 38.5 Å². The van der Waals surface area contributed by atoms with Crippen molar-refractivity contribution in [2.24, 2.45) is 0 Å². The topological polar surface area (TPSA) is 61.1 Å². The number of hydrogen-bond acceptors (Lipinski definition) is 4. The number of carbonyl (C=O) groups excluding carboxylic acids is 1. The Morgan fingerprint density at radius 3 is 2.54 bits per heavy atom. The normalized spacial score (nSPS) is 13.4. The van der Waals surface area contributed by atoms with Crippen molar-refractivity contribution in [1.29, 1.82) is 5.26 Å². The summed E-state index contributed by atoms with van der Waals surface area (Å²) < 4.78 is 15.8. The zero-order valence-corrected chi connectivity index (χ0v) is 17.4. The molecule has 0 saturated carbocycles. The molecule has 2 aromatic rings. The number of likely N-dealkylation sites (tertiary alicyclic amines) is 1. The molecule has 1 aliphatic heterocycles. The number of rotatable bonds is 4. The van der Waals surface area contributed by atoms with E-state index < -0.39 is 0 Å². The predicted octanol–water partition coefficient (Wildman–Crippen LogP) is 4.16. The molecule has 28 heavy (non-hydrogen) atoms. The summed E-state index contributed by atoms with van der Waals surface area (Å²) in [6, 6.07) is 8.12. The lowest BCUT2D eigenvalue weighted by molar-refractivity contribution is -0.113. The molecule has 1 N–H and O–H groups in total. The number of hydrogen-bond donors (Lipinski definition) is 1. The molecule has 0 unspecified atom stereocenters. The first kappa shape index (κ1) is 20.4. The zero-order valence-electron chi connectivity index (χ0n) is 15.8. The Morgan fingerprint density at radius 1 is 1.29 bits per heavy atom. The van der Waals surface area contributed by atoms with E-state index in [2.05, 4.69) is 16.3 Å². The Morgan fingerprint density at radius 2 is 1.93 bits per heavy atom. The molecule has 0 atom stereocenters. The first-order valence-electron chi connectivity index (χ1n) is 9.02. The molecule has 5 nitrogen and oxygen atoms in total. The largest absolute Gasteiger partial charge is 0.358 e. The quantitative estimate of drug-likeness (QED) is 0.759. The lowest BCUT2D eigenvalue weighted by Crippen LogP contribution is -2.25. The summed E-state index contributed by atoms with van der Waals surface area (Å²) in [5.74, 6) is 0.00120. The lowest BCUT2D eigenvalue weighted by atomic mass is 10.2. The molecule has 1 aliphatic rings. The SMILES string of the molecule is Cc1c(C#N)c(NC(=O)CSC(=S)N2CCCC2)n(-c2ccc(F)cc2)c1C. The van der Waals surface area contributed by atoms with Crippen molar-refractivity contribution in [2.45, 2.75) is 26.7 Å². The first-order valence-corrected chi connectivity index (χ1v) is 10.4. The highest BCUT2D eigenvalue weighted by Gasteiger charge is 2.22. The minimum absolute atomic E-state index is 0.174. The fourth-order valence-corrected chi connectivity index (χ4v) is 4.31. The second-order valence-corrected chi connectivity index (χ2v) is 8.26. The number of thioether (sulfide) groups is 1. The summed E-state index contributed by atoms with van der Waals surface area (Å²) in [5, 5.41) is 12.5. The average Bonchev–Trinajstić information content (AvgIpc) is 3.29. The Bertz CT molecular complexity index is 941. The molecule has 0 spiro atoms. The third kappa shape index (κ3) is 4.21. The van der Waals surface area contributed by atoms with Gasteiger partial charge in [-0.05, 0) is 56.5 Å². The highest BCUT2D eigenvalue weighted by molar-refractivity contribution is 8.23. The molecule has 8 heteroatoms. The van der Waals surface area contributed by atoms with E-state index >= 15 is 0 Å². The van der Waals surface area contributed by atoms with Crippen molar-refractivity contribution in [3.05, 3.63) is 46.9 Å². The molecule has 0 radical (unpaired) electrons. The van der Waals surface area contributed by atoms with Crippen LogP contribution in [0, 0.1) is 31.0 Å². The van der Waals surface area contributed by atoms with Gasteiger partial charge in [-0.3, -0.25) is 9.36 Å². The summed E-state index contributed by atoms with van der Waals surface area (Å²) >= 11 is 6.73. The van der Waals surface area contributed by atoms with E-state index in [1.54, 1.807) is 16.7 Å². The number of nitriles is 1. The van der Waals surface area contributed by atoms with Gasteiger partial charge in [-0.25, -0.2) is 4.39 Å². The van der Waals surface area contributed by atoms with Crippen molar-refractivity contribution >= 4 is 40.0 Å². The summed E-state index contributed by atoms with van der Waals surface area (Å²) in [4.78, 5) is 14.7. The van der Waals surface area contributed by atoms with Crippen molar-refractivity contribution in [3.8, 4) is 11.8 Å². The molecular formula is C20H21FN4OS2. The number of amides is 1. The van der Waals surface area contributed by atoms with Gasteiger partial charge in [-0.2, -0.15) is 5.26 Å². The smallest absolute Gasteiger partial charge is 0.235 e. The number of nitrogens with zero attached hydrogens (tertiary/aromatic N) is 3. The molecule has 2 heterocycles. The predicted molar refractivity (Wildman–Crippen MR) is 114 cm³/mol. The average molecular weight is 417 g/mol. The van der Waals surface area contributed by atoms with Crippen LogP contribution in [0.4, 0.5) is 10.2 Å². The molecule has 1 aromatic heterocycles. The molecule has 146 valence electrons. The maximum absolute atomic E-state index is 13.3. The van der Waals surface area contributed by atoms with Gasteiger partial charge in [0, 0.05) is 24.5 Å². The molecule has 0 bridgehead atoms. The number of thiocarbonyl (C=S) groups is 1. The van der Waals surface area contributed by atoms with Gasteiger partial charge >= 0.3 is 0 Å². The van der Waals surface area contributed by atoms with Gasteiger partial charge < -0.3 is 10.2 Å². The van der Waals surface area contributed by atoms with Gasteiger partial charge in [0.1, 0.15) is 22.0 Å². The fraction of sp³-hybridized carbons (Fsp3) is 0.350. The van der Waals surface area contributed by atoms with E-state index in [4.69, 9.17) is 12.2 Å². The van der Waals surface area contributed by atoms with E-state index in [1.807, 2.05) is 13.8 Å². The van der Waals surface area contributed by atoms with Crippen LogP contribution in [0.5, 0.6) is 0 Å². The van der Waals surface area contributed by atoms with Crippen LogP contribution in [0.1, 0.15) is 29.7 Å². The highest BCUT2D eigenvalue weighted by atomic mass is 32.2. The number of benzene rings is 1. The van der Waals surface area contributed by atoms with E-state index in [9.17, 15) is 14.4 Å². The second kappa shape index (κ2) is 8.76. The van der Waals surface area contributed by atoms with Gasteiger partial charge in [0.15, 0.2) is 0 Å². The summed E-state index contributed by atoms with van der Waals surface area (Å²) in [5.41, 5.74) is 2.68. The van der Waals surface area contributed by atoms with Gasteiger partial charge in [0.25, 0.3) is 0 Å². The van der Waals surface area contributed by atoms with E-state index in [1.165, 1.54) is 23.9 Å². The van der Waals surface area contributed by atoms with Crippen LogP contribution in [0.15, 0.2) is 24.3 Å². The van der Waals surface area contributed by atoms with Crippen LogP contribution in [0.25, 0.3) is 5.69 Å². The summed E-state index contributed by atoms with van der Waals surface area (Å²) in [6.07, 6.45) is 2.25. The summed E-state index contributed by atoms with van der Waals surface area (Å²) in [7, 11) is 0. The third-order valence-electron chi connectivity index (χ3n) is 4.86. The Labute approximate surface area is 173 Å². The molecule has 1 fully saturated rings. The van der Waals surface area contributed by atoms with Crippen molar-refractivity contribution in [3.63, 3.8) is 0 Å². The van der Waals surface area contributed by atoms with Gasteiger partial charge in [-0.15, -0.1) is 0 Å². The van der Waals surface area contributed by atoms with Crippen LogP contribution < -0.4 is 5.32 Å². The van der Waals surface area contributed by atoms with Crippen LogP contribution >= 0.6 is 24.0 Å². The minimum Gasteiger partial charge on any atom is -0.358 e. The van der Waals surface area contributed by atoms with Gasteiger partial charge in [-0.1, -0.05) is 24.0 Å². The first-order chi connectivity index (χ1) is 13.4. The van der Waals surface area contributed by atoms with Crippen molar-refractivity contribution < 1.29 is 9.18 Å². The fourth-order valence-electron chi connectivity index (χ4n) is 3.26. The maximum Gasteiger partial charge on any atom is 0.235 e. The number of aromatic nitrogens is 1. The van der Waals surface area contributed by atoms with Gasteiger partial charge in [0.05, 0.1) is 11.3 Å². The Kier molecular flexibility index (Phi) is 6.37. The summed E-state index contributed by atoms with van der Waals surface area (Å²) in [6.45, 7) is 5.59. The number of halogens is 1. The monoisotopic (exact) mass is 416 g/mol. The lowest BCUT2D eigenvalue weighted by Gasteiger charge is -2.17. The van der Waals surface area contributed by atoms with Crippen LogP contribution in [0.2, 0.25) is 0 Å².